The molecule has 1 heterocycles. The Hall–Kier alpha value is -1.14. The van der Waals surface area contributed by atoms with Gasteiger partial charge in [-0.15, -0.1) is 0 Å². The van der Waals surface area contributed by atoms with E-state index < -0.39 is 15.8 Å². The molecule has 1 aliphatic heterocycles. The molecule has 1 saturated heterocycles. The molecule has 0 aliphatic carbocycles. The number of sulfonamides is 1. The molecule has 4 nitrogen and oxygen atoms in total. The molecule has 0 atom stereocenters. The smallest absolute Gasteiger partial charge is 0.243 e. The lowest BCUT2D eigenvalue weighted by Crippen LogP contribution is -2.41. The van der Waals surface area contributed by atoms with Gasteiger partial charge in [-0.25, -0.2) is 12.8 Å². The molecule has 0 unspecified atom stereocenters. The Balaban J connectivity index is 2.28. The lowest BCUT2D eigenvalue weighted by molar-refractivity contribution is 0.169. The van der Waals surface area contributed by atoms with E-state index in [4.69, 9.17) is 5.73 Å². The van der Waals surface area contributed by atoms with Gasteiger partial charge in [0.1, 0.15) is 5.82 Å². The van der Waals surface area contributed by atoms with Crippen LogP contribution in [0.2, 0.25) is 0 Å². The van der Waals surface area contributed by atoms with E-state index in [1.807, 2.05) is 0 Å². The molecule has 21 heavy (non-hydrogen) atoms. The first-order chi connectivity index (χ1) is 9.69. The summed E-state index contributed by atoms with van der Waals surface area (Å²) in [5.41, 5.74) is 6.34. The zero-order valence-corrected chi connectivity index (χ0v) is 13.6. The van der Waals surface area contributed by atoms with E-state index in [1.165, 1.54) is 17.3 Å². The normalized spacial score (nSPS) is 19.6. The zero-order valence-electron chi connectivity index (χ0n) is 12.8. The summed E-state index contributed by atoms with van der Waals surface area (Å²) in [6, 6.07) is 2.41. The molecule has 1 fully saturated rings. The van der Waals surface area contributed by atoms with Crippen LogP contribution in [-0.4, -0.2) is 25.8 Å². The van der Waals surface area contributed by atoms with Crippen molar-refractivity contribution in [3.8, 4) is 0 Å². The van der Waals surface area contributed by atoms with Crippen LogP contribution in [0, 0.1) is 18.2 Å². The van der Waals surface area contributed by atoms with Crippen molar-refractivity contribution in [3.05, 3.63) is 23.5 Å². The molecule has 1 aliphatic rings. The molecule has 2 rings (SSSR count). The maximum absolute atomic E-state index is 13.8. The second kappa shape index (κ2) is 5.57. The number of anilines is 1. The van der Waals surface area contributed by atoms with Crippen molar-refractivity contribution in [2.45, 2.75) is 44.9 Å². The second-order valence-corrected chi connectivity index (χ2v) is 8.13. The molecule has 0 aromatic heterocycles. The number of hydrogen-bond acceptors (Lipinski definition) is 3. The number of halogens is 1. The van der Waals surface area contributed by atoms with Crippen molar-refractivity contribution in [3.63, 3.8) is 0 Å². The van der Waals surface area contributed by atoms with Gasteiger partial charge in [0.25, 0.3) is 0 Å². The quantitative estimate of drug-likeness (QED) is 0.873. The van der Waals surface area contributed by atoms with Gasteiger partial charge in [0.15, 0.2) is 0 Å². The van der Waals surface area contributed by atoms with Crippen molar-refractivity contribution >= 4 is 15.7 Å². The van der Waals surface area contributed by atoms with E-state index in [0.29, 0.717) is 13.1 Å². The number of rotatable bonds is 3. The number of nitrogen functional groups attached to an aromatic ring is 1. The van der Waals surface area contributed by atoms with Gasteiger partial charge in [-0.1, -0.05) is 20.3 Å². The first-order valence-electron chi connectivity index (χ1n) is 7.25. The standard InChI is InChI=1S/C15H23FN2O2S/c1-4-15(3)5-7-18(8-6-15)21(19,20)12-9-13(16)11(2)14(17)10-12/h9-10H,4-8,17H2,1-3H3. The molecular weight excluding hydrogens is 291 g/mol. The number of nitrogens with zero attached hydrogens (tertiary/aromatic N) is 1. The highest BCUT2D eigenvalue weighted by Gasteiger charge is 2.34. The van der Waals surface area contributed by atoms with E-state index in [2.05, 4.69) is 13.8 Å². The third-order valence-electron chi connectivity index (χ3n) is 4.78. The van der Waals surface area contributed by atoms with Gasteiger partial charge in [0.05, 0.1) is 4.90 Å². The van der Waals surface area contributed by atoms with Gasteiger partial charge in [-0.05, 0) is 37.3 Å². The van der Waals surface area contributed by atoms with Crippen molar-refractivity contribution < 1.29 is 12.8 Å². The van der Waals surface area contributed by atoms with Crippen LogP contribution in [0.1, 0.15) is 38.7 Å². The molecule has 2 N–H and O–H groups in total. The van der Waals surface area contributed by atoms with Crippen LogP contribution in [0.15, 0.2) is 17.0 Å². The predicted molar refractivity (Wildman–Crippen MR) is 81.9 cm³/mol. The zero-order chi connectivity index (χ0) is 15.8. The summed E-state index contributed by atoms with van der Waals surface area (Å²) < 4.78 is 40.4. The van der Waals surface area contributed by atoms with E-state index in [0.717, 1.165) is 25.3 Å². The van der Waals surface area contributed by atoms with E-state index >= 15 is 0 Å². The molecule has 6 heteroatoms. The van der Waals surface area contributed by atoms with Gasteiger partial charge in [-0.2, -0.15) is 4.31 Å². The Bertz CT molecular complexity index is 612. The van der Waals surface area contributed by atoms with E-state index in [1.54, 1.807) is 0 Å². The second-order valence-electron chi connectivity index (χ2n) is 6.19. The fourth-order valence-corrected chi connectivity index (χ4v) is 4.08. The molecule has 1 aromatic rings. The molecule has 118 valence electrons. The summed E-state index contributed by atoms with van der Waals surface area (Å²) in [5.74, 6) is -0.580. The topological polar surface area (TPSA) is 63.4 Å². The van der Waals surface area contributed by atoms with Crippen LogP contribution in [0.4, 0.5) is 10.1 Å². The molecule has 0 bridgehead atoms. The summed E-state index contributed by atoms with van der Waals surface area (Å²) in [4.78, 5) is -0.0526. The maximum Gasteiger partial charge on any atom is 0.243 e. The number of piperidine rings is 1. The fraction of sp³-hybridized carbons (Fsp3) is 0.600. The third-order valence-corrected chi connectivity index (χ3v) is 6.66. The van der Waals surface area contributed by atoms with Crippen LogP contribution < -0.4 is 5.73 Å². The molecule has 0 spiro atoms. The summed E-state index contributed by atoms with van der Waals surface area (Å²) in [5, 5.41) is 0. The maximum atomic E-state index is 13.8. The molecule has 0 radical (unpaired) electrons. The van der Waals surface area contributed by atoms with Crippen LogP contribution in [0.5, 0.6) is 0 Å². The van der Waals surface area contributed by atoms with Gasteiger partial charge < -0.3 is 5.73 Å². The third kappa shape index (κ3) is 3.06. The Kier molecular flexibility index (Phi) is 4.31. The predicted octanol–water partition coefficient (Wildman–Crippen LogP) is 2.92. The summed E-state index contributed by atoms with van der Waals surface area (Å²) in [6.45, 7) is 6.79. The Morgan fingerprint density at radius 3 is 2.38 bits per heavy atom. The average molecular weight is 314 g/mol. The minimum atomic E-state index is -3.67. The molecule has 1 aromatic carbocycles. The molecule has 0 amide bonds. The van der Waals surface area contributed by atoms with Crippen LogP contribution >= 0.6 is 0 Å². The first-order valence-corrected chi connectivity index (χ1v) is 8.69. The molecule has 0 saturated carbocycles. The highest BCUT2D eigenvalue weighted by Crippen LogP contribution is 2.36. The number of benzene rings is 1. The van der Waals surface area contributed by atoms with Gasteiger partial charge >= 0.3 is 0 Å². The van der Waals surface area contributed by atoms with Crippen molar-refractivity contribution in [2.75, 3.05) is 18.8 Å². The largest absolute Gasteiger partial charge is 0.398 e. The average Bonchev–Trinajstić information content (AvgIpc) is 2.44. The van der Waals surface area contributed by atoms with Crippen LogP contribution in [0.3, 0.4) is 0 Å². The van der Waals surface area contributed by atoms with Crippen LogP contribution in [-0.2, 0) is 10.0 Å². The minimum absolute atomic E-state index is 0.0526. The van der Waals surface area contributed by atoms with Crippen molar-refractivity contribution in [1.29, 1.82) is 0 Å². The van der Waals surface area contributed by atoms with E-state index in [-0.39, 0.29) is 21.6 Å². The Labute approximate surface area is 126 Å². The first kappa shape index (κ1) is 16.2. The lowest BCUT2D eigenvalue weighted by atomic mass is 9.79. The van der Waals surface area contributed by atoms with Gasteiger partial charge in [0, 0.05) is 24.3 Å². The Morgan fingerprint density at radius 2 is 1.90 bits per heavy atom. The Morgan fingerprint density at radius 1 is 1.33 bits per heavy atom. The van der Waals surface area contributed by atoms with Crippen LogP contribution in [0.25, 0.3) is 0 Å². The summed E-state index contributed by atoms with van der Waals surface area (Å²) in [6.07, 6.45) is 2.69. The highest BCUT2D eigenvalue weighted by molar-refractivity contribution is 7.89. The van der Waals surface area contributed by atoms with Gasteiger partial charge in [-0.3, -0.25) is 0 Å². The minimum Gasteiger partial charge on any atom is -0.398 e. The fourth-order valence-electron chi connectivity index (χ4n) is 2.59. The monoisotopic (exact) mass is 314 g/mol. The summed E-state index contributed by atoms with van der Waals surface area (Å²) >= 11 is 0. The summed E-state index contributed by atoms with van der Waals surface area (Å²) in [7, 11) is -3.67. The van der Waals surface area contributed by atoms with Crippen molar-refractivity contribution in [1.82, 2.24) is 4.31 Å². The van der Waals surface area contributed by atoms with Gasteiger partial charge in [0.2, 0.25) is 10.0 Å². The number of hydrogen-bond donors (Lipinski definition) is 1. The lowest BCUT2D eigenvalue weighted by Gasteiger charge is -2.38. The molecular formula is C15H23FN2O2S. The SMILES string of the molecule is CCC1(C)CCN(S(=O)(=O)c2cc(N)c(C)c(F)c2)CC1. The van der Waals surface area contributed by atoms with Crippen molar-refractivity contribution in [2.24, 2.45) is 5.41 Å². The van der Waals surface area contributed by atoms with E-state index in [9.17, 15) is 12.8 Å². The number of nitrogens with two attached hydrogens (primary N) is 1. The highest BCUT2D eigenvalue weighted by atomic mass is 32.2.